The minimum atomic E-state index is -0.531. The van der Waals surface area contributed by atoms with Crippen molar-refractivity contribution in [3.63, 3.8) is 0 Å². The predicted octanol–water partition coefficient (Wildman–Crippen LogP) is 4.26. The average molecular weight is 371 g/mol. The number of rotatable bonds is 9. The van der Waals surface area contributed by atoms with Crippen LogP contribution in [0.4, 0.5) is 0 Å². The van der Waals surface area contributed by atoms with Gasteiger partial charge in [0.2, 0.25) is 0 Å². The standard InChI is InChI=1S/C22H29NO4/c1-6-18(27-19-10-8-7-9-16(19)4)22(24)23-14-17-11-12-20(26-15(2)3)21(13-17)25-5/h7-13,15,18H,6,14H2,1-5H3,(H,23,24)/t18-/m0/s1. The second kappa shape index (κ2) is 9.86. The topological polar surface area (TPSA) is 56.8 Å². The molecule has 2 aromatic carbocycles. The lowest BCUT2D eigenvalue weighted by atomic mass is 10.1. The molecular formula is C22H29NO4. The molecule has 0 heterocycles. The Bertz CT molecular complexity index is 758. The van der Waals surface area contributed by atoms with E-state index in [-0.39, 0.29) is 12.0 Å². The summed E-state index contributed by atoms with van der Waals surface area (Å²) in [6.45, 7) is 8.22. The minimum absolute atomic E-state index is 0.0633. The lowest BCUT2D eigenvalue weighted by Gasteiger charge is -2.19. The lowest BCUT2D eigenvalue weighted by molar-refractivity contribution is -0.128. The van der Waals surface area contributed by atoms with E-state index in [9.17, 15) is 4.79 Å². The first-order valence-corrected chi connectivity index (χ1v) is 9.28. The first kappa shape index (κ1) is 20.6. The number of methoxy groups -OCH3 is 1. The molecule has 1 N–H and O–H groups in total. The third kappa shape index (κ3) is 5.91. The maximum atomic E-state index is 12.5. The highest BCUT2D eigenvalue weighted by Crippen LogP contribution is 2.29. The molecule has 0 aromatic heterocycles. The number of carbonyl (C=O) groups is 1. The molecule has 146 valence electrons. The Morgan fingerprint density at radius 1 is 1.04 bits per heavy atom. The van der Waals surface area contributed by atoms with E-state index < -0.39 is 6.10 Å². The lowest BCUT2D eigenvalue weighted by Crippen LogP contribution is -2.37. The summed E-state index contributed by atoms with van der Waals surface area (Å²) in [5, 5.41) is 2.94. The van der Waals surface area contributed by atoms with Gasteiger partial charge < -0.3 is 19.5 Å². The summed E-state index contributed by atoms with van der Waals surface area (Å²) in [5.41, 5.74) is 1.94. The van der Waals surface area contributed by atoms with E-state index in [1.54, 1.807) is 7.11 Å². The molecule has 0 bridgehead atoms. The smallest absolute Gasteiger partial charge is 0.261 e. The van der Waals surface area contributed by atoms with Crippen LogP contribution >= 0.6 is 0 Å². The molecule has 0 saturated heterocycles. The summed E-state index contributed by atoms with van der Waals surface area (Å²) in [5.74, 6) is 1.94. The normalized spacial score (nSPS) is 11.8. The molecule has 5 nitrogen and oxygen atoms in total. The predicted molar refractivity (Wildman–Crippen MR) is 106 cm³/mol. The van der Waals surface area contributed by atoms with E-state index in [4.69, 9.17) is 14.2 Å². The molecule has 0 radical (unpaired) electrons. The quantitative estimate of drug-likeness (QED) is 0.715. The van der Waals surface area contributed by atoms with Crippen LogP contribution in [-0.4, -0.2) is 25.2 Å². The van der Waals surface area contributed by atoms with Crippen molar-refractivity contribution < 1.29 is 19.0 Å². The number of carbonyl (C=O) groups excluding carboxylic acids is 1. The van der Waals surface area contributed by atoms with Gasteiger partial charge in [0.1, 0.15) is 5.75 Å². The molecule has 1 amide bonds. The van der Waals surface area contributed by atoms with Crippen LogP contribution in [0.1, 0.15) is 38.3 Å². The molecule has 5 heteroatoms. The van der Waals surface area contributed by atoms with Crippen molar-refractivity contribution in [3.05, 3.63) is 53.6 Å². The summed E-state index contributed by atoms with van der Waals surface area (Å²) in [4.78, 5) is 12.5. The third-order valence-corrected chi connectivity index (χ3v) is 4.08. The van der Waals surface area contributed by atoms with Crippen LogP contribution in [0.5, 0.6) is 17.2 Å². The average Bonchev–Trinajstić information content (AvgIpc) is 2.65. The van der Waals surface area contributed by atoms with Crippen LogP contribution in [0.25, 0.3) is 0 Å². The van der Waals surface area contributed by atoms with Crippen LogP contribution in [-0.2, 0) is 11.3 Å². The molecule has 27 heavy (non-hydrogen) atoms. The fraction of sp³-hybridized carbons (Fsp3) is 0.409. The maximum absolute atomic E-state index is 12.5. The van der Waals surface area contributed by atoms with Crippen molar-refractivity contribution in [1.82, 2.24) is 5.32 Å². The Kier molecular flexibility index (Phi) is 7.53. The number of para-hydroxylation sites is 1. The summed E-state index contributed by atoms with van der Waals surface area (Å²) < 4.78 is 17.0. The number of hydrogen-bond donors (Lipinski definition) is 1. The molecule has 0 aliphatic carbocycles. The van der Waals surface area contributed by atoms with Crippen molar-refractivity contribution >= 4 is 5.91 Å². The van der Waals surface area contributed by atoms with Gasteiger partial charge >= 0.3 is 0 Å². The van der Waals surface area contributed by atoms with Crippen LogP contribution < -0.4 is 19.5 Å². The van der Waals surface area contributed by atoms with E-state index in [1.165, 1.54) is 0 Å². The van der Waals surface area contributed by atoms with Crippen LogP contribution in [0.2, 0.25) is 0 Å². The molecule has 2 aromatic rings. The monoisotopic (exact) mass is 371 g/mol. The maximum Gasteiger partial charge on any atom is 0.261 e. The van der Waals surface area contributed by atoms with Gasteiger partial charge in [-0.05, 0) is 56.5 Å². The fourth-order valence-corrected chi connectivity index (χ4v) is 2.64. The van der Waals surface area contributed by atoms with Gasteiger partial charge in [-0.2, -0.15) is 0 Å². The molecule has 0 aliphatic heterocycles. The molecule has 0 aliphatic rings. The van der Waals surface area contributed by atoms with Crippen LogP contribution in [0.3, 0.4) is 0 Å². The highest BCUT2D eigenvalue weighted by Gasteiger charge is 2.19. The number of benzene rings is 2. The van der Waals surface area contributed by atoms with Crippen molar-refractivity contribution in [2.45, 2.75) is 52.9 Å². The zero-order valence-electron chi connectivity index (χ0n) is 16.7. The number of hydrogen-bond acceptors (Lipinski definition) is 4. The Labute approximate surface area is 161 Å². The SMILES string of the molecule is CC[C@H](Oc1ccccc1C)C(=O)NCc1ccc(OC(C)C)c(OC)c1. The third-order valence-electron chi connectivity index (χ3n) is 4.08. The largest absolute Gasteiger partial charge is 0.493 e. The van der Waals surface area contributed by atoms with Crippen molar-refractivity contribution in [3.8, 4) is 17.2 Å². The fourth-order valence-electron chi connectivity index (χ4n) is 2.64. The van der Waals surface area contributed by atoms with E-state index in [0.717, 1.165) is 16.9 Å². The van der Waals surface area contributed by atoms with Gasteiger partial charge in [-0.1, -0.05) is 31.2 Å². The number of nitrogens with one attached hydrogen (secondary N) is 1. The van der Waals surface area contributed by atoms with Crippen molar-refractivity contribution in [2.75, 3.05) is 7.11 Å². The van der Waals surface area contributed by atoms with Gasteiger partial charge in [0.05, 0.1) is 13.2 Å². The van der Waals surface area contributed by atoms with Gasteiger partial charge in [0.15, 0.2) is 17.6 Å². The highest BCUT2D eigenvalue weighted by molar-refractivity contribution is 5.81. The Morgan fingerprint density at radius 3 is 2.41 bits per heavy atom. The summed E-state index contributed by atoms with van der Waals surface area (Å²) in [7, 11) is 1.61. The van der Waals surface area contributed by atoms with Gasteiger partial charge in [-0.25, -0.2) is 0 Å². The molecular weight excluding hydrogens is 342 g/mol. The summed E-state index contributed by atoms with van der Waals surface area (Å²) in [6, 6.07) is 13.4. The van der Waals surface area contributed by atoms with E-state index >= 15 is 0 Å². The van der Waals surface area contributed by atoms with Gasteiger partial charge in [0, 0.05) is 6.54 Å². The second-order valence-corrected chi connectivity index (χ2v) is 6.65. The van der Waals surface area contributed by atoms with Crippen LogP contribution in [0, 0.1) is 6.92 Å². The van der Waals surface area contributed by atoms with E-state index in [1.807, 2.05) is 70.2 Å². The molecule has 0 spiro atoms. The first-order chi connectivity index (χ1) is 12.9. The summed E-state index contributed by atoms with van der Waals surface area (Å²) in [6.07, 6.45) is 0.120. The van der Waals surface area contributed by atoms with Crippen molar-refractivity contribution in [1.29, 1.82) is 0 Å². The van der Waals surface area contributed by atoms with Crippen molar-refractivity contribution in [2.24, 2.45) is 0 Å². The van der Waals surface area contributed by atoms with Crippen LogP contribution in [0.15, 0.2) is 42.5 Å². The highest BCUT2D eigenvalue weighted by atomic mass is 16.5. The second-order valence-electron chi connectivity index (χ2n) is 6.65. The number of aryl methyl sites for hydroxylation is 1. The zero-order chi connectivity index (χ0) is 19.8. The first-order valence-electron chi connectivity index (χ1n) is 9.28. The van der Waals surface area contributed by atoms with Gasteiger partial charge in [-0.3, -0.25) is 4.79 Å². The molecule has 0 saturated carbocycles. The Hall–Kier alpha value is -2.69. The van der Waals surface area contributed by atoms with Gasteiger partial charge in [0.25, 0.3) is 5.91 Å². The minimum Gasteiger partial charge on any atom is -0.493 e. The molecule has 0 unspecified atom stereocenters. The molecule has 0 fully saturated rings. The van der Waals surface area contributed by atoms with E-state index in [2.05, 4.69) is 5.32 Å². The zero-order valence-corrected chi connectivity index (χ0v) is 16.7. The Balaban J connectivity index is 2.00. The summed E-state index contributed by atoms with van der Waals surface area (Å²) >= 11 is 0. The number of amides is 1. The van der Waals surface area contributed by atoms with Gasteiger partial charge in [-0.15, -0.1) is 0 Å². The van der Waals surface area contributed by atoms with E-state index in [0.29, 0.717) is 24.5 Å². The molecule has 2 rings (SSSR count). The Morgan fingerprint density at radius 2 is 1.78 bits per heavy atom. The molecule has 1 atom stereocenters. The number of ether oxygens (including phenoxy) is 3.